The van der Waals surface area contributed by atoms with Crippen molar-refractivity contribution in [2.24, 2.45) is 0 Å². The molecular weight excluding hydrogens is 1090 g/mol. The number of alkyl carbamates (subject to hydrolysis) is 2. The average Bonchev–Trinajstić information content (AvgIpc) is 4.32. The minimum absolute atomic E-state index is 0.0228. The van der Waals surface area contributed by atoms with E-state index in [2.05, 4.69) is 34.9 Å². The zero-order valence-electron chi connectivity index (χ0n) is 46.4. The minimum atomic E-state index is -1.46. The molecule has 0 fully saturated rings. The van der Waals surface area contributed by atoms with Gasteiger partial charge in [-0.1, -0.05) is 279 Å². The molecule has 0 bridgehead atoms. The molecule has 2 aliphatic carbocycles. The summed E-state index contributed by atoms with van der Waals surface area (Å²) in [7, 11) is 0. The lowest BCUT2D eigenvalue weighted by Gasteiger charge is -2.36. The number of fused-ring (bicyclic) bond motifs is 6. The number of hydrogen-bond donors (Lipinski definition) is 2. The number of nitrogens with one attached hydrogen (secondary N) is 2. The lowest BCUT2D eigenvalue weighted by Crippen LogP contribution is -2.49. The number of carbonyl (C=O) groups is 4. The van der Waals surface area contributed by atoms with Gasteiger partial charge in [-0.2, -0.15) is 0 Å². The van der Waals surface area contributed by atoms with Gasteiger partial charge in [0.2, 0.25) is 0 Å². The van der Waals surface area contributed by atoms with Gasteiger partial charge in [0.25, 0.3) is 0 Å². The van der Waals surface area contributed by atoms with Crippen LogP contribution >= 0.6 is 23.5 Å². The van der Waals surface area contributed by atoms with Crippen LogP contribution in [0.2, 0.25) is 0 Å². The first-order valence-electron chi connectivity index (χ1n) is 28.4. The summed E-state index contributed by atoms with van der Waals surface area (Å²) in [5, 5.41) is 5.73. The Morgan fingerprint density at radius 2 is 0.553 bits per heavy atom. The van der Waals surface area contributed by atoms with Crippen LogP contribution in [0.5, 0.6) is 0 Å². The van der Waals surface area contributed by atoms with Gasteiger partial charge < -0.3 is 24.8 Å². The van der Waals surface area contributed by atoms with Crippen LogP contribution in [0, 0.1) is 0 Å². The lowest BCUT2D eigenvalue weighted by molar-refractivity contribution is -0.161. The van der Waals surface area contributed by atoms with E-state index < -0.39 is 45.7 Å². The van der Waals surface area contributed by atoms with Gasteiger partial charge in [0.05, 0.1) is 9.49 Å². The molecule has 2 amide bonds. The molecular formula is C74H60N2O7S2. The molecule has 0 radical (unpaired) electrons. The Bertz CT molecular complexity index is 3410. The van der Waals surface area contributed by atoms with Crippen LogP contribution in [0.3, 0.4) is 0 Å². The standard InChI is InChI=1S/C74H60N2O7S2/c77-69(67(75-71(79)81-47-65-61-43-23-19-39-57(61)58-40-20-24-44-62(58)65)49-84-73(51-27-7-1-8-28-51,52-29-9-2-10-30-52)53-31-11-3-12-32-53)83-70(78)68(76-72(80)82-48-66-63-45-25-21-41-59(63)60-42-22-26-46-64(60)66)50-85-74(54-33-13-4-14-34-54,55-35-15-5-16-36-55)56-37-17-6-18-38-56/h1-46,65-68H,47-50H2,(H,75,79)(H,76,80)/t67-,68-/m0/s1. The van der Waals surface area contributed by atoms with Gasteiger partial charge in [-0.15, -0.1) is 23.5 Å². The Balaban J connectivity index is 0.880. The number of hydrogen-bond acceptors (Lipinski definition) is 9. The summed E-state index contributed by atoms with van der Waals surface area (Å²) in [6, 6.07) is 89.2. The van der Waals surface area contributed by atoms with E-state index >= 15 is 9.59 Å². The largest absolute Gasteiger partial charge is 0.449 e. The van der Waals surface area contributed by atoms with Crippen LogP contribution in [0.4, 0.5) is 9.59 Å². The fourth-order valence-electron chi connectivity index (χ4n) is 12.1. The second kappa shape index (κ2) is 25.6. The van der Waals surface area contributed by atoms with Crippen LogP contribution in [0.1, 0.15) is 67.5 Å². The number of amides is 2. The molecule has 0 saturated carbocycles. The summed E-state index contributed by atoms with van der Waals surface area (Å²) in [5.74, 6) is -2.80. The molecule has 10 aromatic carbocycles. The maximum absolute atomic E-state index is 15.3. The van der Waals surface area contributed by atoms with Gasteiger partial charge in [0.1, 0.15) is 25.3 Å². The number of rotatable bonds is 20. The first-order valence-corrected chi connectivity index (χ1v) is 30.4. The van der Waals surface area contributed by atoms with E-state index in [1.807, 2.05) is 255 Å². The molecule has 0 aromatic heterocycles. The number of esters is 2. The van der Waals surface area contributed by atoms with Gasteiger partial charge in [-0.3, -0.25) is 0 Å². The van der Waals surface area contributed by atoms with E-state index in [0.717, 1.165) is 77.9 Å². The van der Waals surface area contributed by atoms with E-state index in [1.165, 1.54) is 23.5 Å². The summed E-state index contributed by atoms with van der Waals surface area (Å²) in [6.07, 6.45) is -1.74. The molecule has 85 heavy (non-hydrogen) atoms. The Morgan fingerprint density at radius 3 is 0.800 bits per heavy atom. The maximum Gasteiger partial charge on any atom is 0.407 e. The number of thioether (sulfide) groups is 2. The zero-order chi connectivity index (χ0) is 58.0. The SMILES string of the molecule is O=C(N[C@@H](CSC(c1ccccc1)(c1ccccc1)c1ccccc1)C(=O)OC(=O)[C@H](CSC(c1ccccc1)(c1ccccc1)c1ccccc1)NC(=O)OCC1c2ccccc2-c2ccccc21)OCC1c2ccccc2-c2ccccc21. The highest BCUT2D eigenvalue weighted by Crippen LogP contribution is 2.51. The van der Waals surface area contributed by atoms with Crippen molar-refractivity contribution in [1.29, 1.82) is 0 Å². The topological polar surface area (TPSA) is 120 Å². The highest BCUT2D eigenvalue weighted by molar-refractivity contribution is 8.01. The van der Waals surface area contributed by atoms with Crippen molar-refractivity contribution in [3.8, 4) is 22.3 Å². The fraction of sp³-hybridized carbons (Fsp3) is 0.135. The van der Waals surface area contributed by atoms with Crippen molar-refractivity contribution in [2.75, 3.05) is 24.7 Å². The van der Waals surface area contributed by atoms with Crippen molar-refractivity contribution in [3.63, 3.8) is 0 Å². The van der Waals surface area contributed by atoms with E-state index in [4.69, 9.17) is 14.2 Å². The van der Waals surface area contributed by atoms with Gasteiger partial charge in [-0.05, 0) is 77.9 Å². The molecule has 0 heterocycles. The number of ether oxygens (including phenoxy) is 3. The van der Waals surface area contributed by atoms with Crippen LogP contribution in [-0.4, -0.2) is 60.9 Å². The van der Waals surface area contributed by atoms with E-state index in [9.17, 15) is 9.59 Å². The fourth-order valence-corrected chi connectivity index (χ4v) is 15.2. The lowest BCUT2D eigenvalue weighted by atomic mass is 9.84. The van der Waals surface area contributed by atoms with E-state index in [-0.39, 0.29) is 36.6 Å². The molecule has 10 aromatic rings. The first kappa shape index (κ1) is 56.1. The molecule has 420 valence electrons. The first-order chi connectivity index (χ1) is 41.8. The van der Waals surface area contributed by atoms with Crippen LogP contribution in [0.15, 0.2) is 279 Å². The van der Waals surface area contributed by atoms with Gasteiger partial charge >= 0.3 is 24.1 Å². The Hall–Kier alpha value is -9.42. The molecule has 11 heteroatoms. The van der Waals surface area contributed by atoms with Crippen molar-refractivity contribution < 1.29 is 33.4 Å². The average molecular weight is 1150 g/mol. The third-order valence-corrected chi connectivity index (χ3v) is 19.3. The third kappa shape index (κ3) is 11.5. The normalized spacial score (nSPS) is 13.2. The third-order valence-electron chi connectivity index (χ3n) is 16.1. The molecule has 2 aliphatic rings. The van der Waals surface area contributed by atoms with Crippen molar-refractivity contribution in [1.82, 2.24) is 10.6 Å². The van der Waals surface area contributed by atoms with Crippen LogP contribution < -0.4 is 10.6 Å². The highest BCUT2D eigenvalue weighted by atomic mass is 32.2. The Morgan fingerprint density at radius 1 is 0.329 bits per heavy atom. The maximum atomic E-state index is 15.3. The van der Waals surface area contributed by atoms with Crippen molar-refractivity contribution >= 4 is 47.6 Å². The predicted octanol–water partition coefficient (Wildman–Crippen LogP) is 15.3. The van der Waals surface area contributed by atoms with Crippen LogP contribution in [0.25, 0.3) is 22.3 Å². The molecule has 12 rings (SSSR count). The molecule has 2 N–H and O–H groups in total. The summed E-state index contributed by atoms with van der Waals surface area (Å²) >= 11 is 2.83. The van der Waals surface area contributed by atoms with E-state index in [0.29, 0.717) is 0 Å². The summed E-state index contributed by atoms with van der Waals surface area (Å²) < 4.78 is 16.4. The highest BCUT2D eigenvalue weighted by Gasteiger charge is 2.43. The molecule has 2 atom stereocenters. The van der Waals surface area contributed by atoms with E-state index in [1.54, 1.807) is 0 Å². The Labute approximate surface area is 503 Å². The monoisotopic (exact) mass is 1150 g/mol. The minimum Gasteiger partial charge on any atom is -0.449 e. The molecule has 0 spiro atoms. The van der Waals surface area contributed by atoms with Gasteiger partial charge in [0.15, 0.2) is 0 Å². The summed E-state index contributed by atoms with van der Waals surface area (Å²) in [5.41, 5.74) is 13.9. The molecule has 9 nitrogen and oxygen atoms in total. The zero-order valence-corrected chi connectivity index (χ0v) is 48.0. The second-order valence-electron chi connectivity index (χ2n) is 21.0. The molecule has 0 saturated heterocycles. The second-order valence-corrected chi connectivity index (χ2v) is 23.4. The summed E-state index contributed by atoms with van der Waals surface area (Å²) in [6.45, 7) is -0.0456. The number of benzene rings is 10. The smallest absolute Gasteiger partial charge is 0.407 e. The van der Waals surface area contributed by atoms with Crippen molar-refractivity contribution in [3.05, 3.63) is 335 Å². The van der Waals surface area contributed by atoms with Crippen molar-refractivity contribution in [2.45, 2.75) is 33.4 Å². The molecule has 0 unspecified atom stereocenters. The molecule has 0 aliphatic heterocycles. The van der Waals surface area contributed by atoms with Gasteiger partial charge in [-0.25, -0.2) is 19.2 Å². The number of carbonyl (C=O) groups excluding carboxylic acids is 4. The summed E-state index contributed by atoms with van der Waals surface area (Å²) in [4.78, 5) is 59.6. The van der Waals surface area contributed by atoms with Crippen LogP contribution in [-0.2, 0) is 33.3 Å². The Kier molecular flexibility index (Phi) is 16.9. The quantitative estimate of drug-likeness (QED) is 0.0333. The van der Waals surface area contributed by atoms with Gasteiger partial charge in [0, 0.05) is 23.3 Å². The predicted molar refractivity (Wildman–Crippen MR) is 338 cm³/mol.